The minimum atomic E-state index is -0.955. The van der Waals surface area contributed by atoms with E-state index in [1.54, 1.807) is 31.4 Å². The summed E-state index contributed by atoms with van der Waals surface area (Å²) in [6.07, 6.45) is 1.82. The summed E-state index contributed by atoms with van der Waals surface area (Å²) in [6, 6.07) is 14.6. The van der Waals surface area contributed by atoms with E-state index in [4.69, 9.17) is 16.3 Å². The second-order valence-corrected chi connectivity index (χ2v) is 6.84. The van der Waals surface area contributed by atoms with E-state index in [1.807, 2.05) is 24.3 Å². The number of benzene rings is 2. The van der Waals surface area contributed by atoms with E-state index in [9.17, 15) is 9.59 Å². The first-order valence-corrected chi connectivity index (χ1v) is 8.89. The highest BCUT2D eigenvalue weighted by atomic mass is 35.5. The maximum Gasteiger partial charge on any atom is 0.240 e. The lowest BCUT2D eigenvalue weighted by atomic mass is 10.0. The molecule has 0 atom stereocenters. The van der Waals surface area contributed by atoms with Gasteiger partial charge in [-0.15, -0.1) is 0 Å². The third-order valence-corrected chi connectivity index (χ3v) is 4.81. The highest BCUT2D eigenvalue weighted by Gasteiger charge is 2.56. The lowest BCUT2D eigenvalue weighted by molar-refractivity contribution is -0.134. The minimum Gasteiger partial charge on any atom is -0.497 e. The van der Waals surface area contributed by atoms with Gasteiger partial charge in [0, 0.05) is 23.3 Å². The zero-order valence-electron chi connectivity index (χ0n) is 14.5. The fourth-order valence-corrected chi connectivity index (χ4v) is 2.90. The average molecular weight is 373 g/mol. The van der Waals surface area contributed by atoms with Gasteiger partial charge in [0.25, 0.3) is 0 Å². The number of halogens is 1. The smallest absolute Gasteiger partial charge is 0.240 e. The fourth-order valence-electron chi connectivity index (χ4n) is 2.77. The Bertz CT molecular complexity index is 801. The van der Waals surface area contributed by atoms with Crippen molar-refractivity contribution in [2.45, 2.75) is 19.3 Å². The van der Waals surface area contributed by atoms with E-state index in [1.165, 1.54) is 0 Å². The monoisotopic (exact) mass is 372 g/mol. The van der Waals surface area contributed by atoms with Crippen LogP contribution in [0, 0.1) is 5.41 Å². The van der Waals surface area contributed by atoms with Crippen LogP contribution in [-0.2, 0) is 16.0 Å². The summed E-state index contributed by atoms with van der Waals surface area (Å²) in [4.78, 5) is 25.1. The zero-order chi connectivity index (χ0) is 18.6. The highest BCUT2D eigenvalue weighted by Crippen LogP contribution is 2.46. The molecular formula is C20H21ClN2O3. The van der Waals surface area contributed by atoms with Gasteiger partial charge in [-0.25, -0.2) is 0 Å². The lowest BCUT2D eigenvalue weighted by Gasteiger charge is -2.16. The Hall–Kier alpha value is -2.53. The van der Waals surface area contributed by atoms with Crippen molar-refractivity contribution >= 4 is 29.1 Å². The molecule has 2 aromatic carbocycles. The van der Waals surface area contributed by atoms with E-state index in [2.05, 4.69) is 10.6 Å². The molecule has 5 nitrogen and oxygen atoms in total. The molecule has 2 N–H and O–H groups in total. The summed E-state index contributed by atoms with van der Waals surface area (Å²) in [6.45, 7) is 0.481. The predicted octanol–water partition coefficient (Wildman–Crippen LogP) is 3.43. The number of amides is 2. The molecule has 1 aliphatic carbocycles. The van der Waals surface area contributed by atoms with Crippen LogP contribution in [0.2, 0.25) is 5.02 Å². The molecule has 26 heavy (non-hydrogen) atoms. The molecule has 1 fully saturated rings. The number of ether oxygens (including phenoxy) is 1. The van der Waals surface area contributed by atoms with Gasteiger partial charge >= 0.3 is 0 Å². The largest absolute Gasteiger partial charge is 0.497 e. The van der Waals surface area contributed by atoms with Crippen molar-refractivity contribution in [2.75, 3.05) is 19.0 Å². The molecule has 0 heterocycles. The number of carbonyl (C=O) groups is 2. The van der Waals surface area contributed by atoms with Crippen molar-refractivity contribution in [3.8, 4) is 5.75 Å². The molecule has 0 aliphatic heterocycles. The standard InChI is InChI=1S/C20H21ClN2O3/c1-26-17-4-2-3-16(13-17)23-19(25)20(10-11-20)18(24)22-12-9-14-5-7-15(21)8-6-14/h2-8,13H,9-12H2,1H3,(H,22,24)(H,23,25). The molecule has 1 saturated carbocycles. The van der Waals surface area contributed by atoms with Crippen LogP contribution in [0.4, 0.5) is 5.69 Å². The van der Waals surface area contributed by atoms with Crippen molar-refractivity contribution in [1.29, 1.82) is 0 Å². The number of hydrogen-bond donors (Lipinski definition) is 2. The number of nitrogens with one attached hydrogen (secondary N) is 2. The fraction of sp³-hybridized carbons (Fsp3) is 0.300. The first-order valence-electron chi connectivity index (χ1n) is 8.52. The van der Waals surface area contributed by atoms with Gasteiger partial charge in [0.05, 0.1) is 7.11 Å². The summed E-state index contributed by atoms with van der Waals surface area (Å²) < 4.78 is 5.15. The summed E-state index contributed by atoms with van der Waals surface area (Å²) >= 11 is 5.86. The van der Waals surface area contributed by atoms with Crippen molar-refractivity contribution in [2.24, 2.45) is 5.41 Å². The van der Waals surface area contributed by atoms with E-state index in [0.29, 0.717) is 42.3 Å². The average Bonchev–Trinajstić information content (AvgIpc) is 3.45. The van der Waals surface area contributed by atoms with Gasteiger partial charge in [-0.05, 0) is 49.1 Å². The third-order valence-electron chi connectivity index (χ3n) is 4.56. The summed E-state index contributed by atoms with van der Waals surface area (Å²) in [5.74, 6) is 0.168. The molecule has 2 aromatic rings. The minimum absolute atomic E-state index is 0.216. The second-order valence-electron chi connectivity index (χ2n) is 6.40. The van der Waals surface area contributed by atoms with Crippen molar-refractivity contribution in [1.82, 2.24) is 5.32 Å². The van der Waals surface area contributed by atoms with Crippen molar-refractivity contribution < 1.29 is 14.3 Å². The van der Waals surface area contributed by atoms with E-state index in [0.717, 1.165) is 5.56 Å². The van der Waals surface area contributed by atoms with E-state index < -0.39 is 5.41 Å². The quantitative estimate of drug-likeness (QED) is 0.732. The van der Waals surface area contributed by atoms with Gasteiger partial charge in [-0.1, -0.05) is 29.8 Å². The lowest BCUT2D eigenvalue weighted by Crippen LogP contribution is -2.40. The second kappa shape index (κ2) is 7.79. The molecule has 0 bridgehead atoms. The van der Waals surface area contributed by atoms with Gasteiger partial charge in [0.2, 0.25) is 11.8 Å². The van der Waals surface area contributed by atoms with Gasteiger partial charge in [0.15, 0.2) is 0 Å². The Kier molecular flexibility index (Phi) is 5.47. The van der Waals surface area contributed by atoms with Gasteiger partial charge in [0.1, 0.15) is 11.2 Å². The van der Waals surface area contributed by atoms with Crippen LogP contribution in [0.15, 0.2) is 48.5 Å². The van der Waals surface area contributed by atoms with Crippen LogP contribution in [-0.4, -0.2) is 25.5 Å². The maximum absolute atomic E-state index is 12.6. The predicted molar refractivity (Wildman–Crippen MR) is 101 cm³/mol. The third kappa shape index (κ3) is 4.17. The summed E-state index contributed by atoms with van der Waals surface area (Å²) in [5.41, 5.74) is 0.748. The Morgan fingerprint density at radius 1 is 1.12 bits per heavy atom. The van der Waals surface area contributed by atoms with Gasteiger partial charge < -0.3 is 15.4 Å². The SMILES string of the molecule is COc1cccc(NC(=O)C2(C(=O)NCCc3ccc(Cl)cc3)CC2)c1. The van der Waals surface area contributed by atoms with Crippen LogP contribution in [0.5, 0.6) is 5.75 Å². The number of anilines is 1. The molecule has 3 rings (SSSR count). The van der Waals surface area contributed by atoms with Crippen molar-refractivity contribution in [3.63, 3.8) is 0 Å². The van der Waals surface area contributed by atoms with Crippen LogP contribution in [0.25, 0.3) is 0 Å². The Balaban J connectivity index is 1.54. The summed E-state index contributed by atoms with van der Waals surface area (Å²) in [7, 11) is 1.57. The topological polar surface area (TPSA) is 67.4 Å². The molecule has 0 saturated heterocycles. The first-order chi connectivity index (χ1) is 12.5. The summed E-state index contributed by atoms with van der Waals surface area (Å²) in [5, 5.41) is 6.38. The van der Waals surface area contributed by atoms with Crippen LogP contribution in [0.3, 0.4) is 0 Å². The number of carbonyl (C=O) groups excluding carboxylic acids is 2. The Morgan fingerprint density at radius 2 is 1.85 bits per heavy atom. The van der Waals surface area contributed by atoms with E-state index >= 15 is 0 Å². The van der Waals surface area contributed by atoms with Gasteiger partial charge in [-0.3, -0.25) is 9.59 Å². The zero-order valence-corrected chi connectivity index (χ0v) is 15.3. The molecule has 0 spiro atoms. The van der Waals surface area contributed by atoms with Crippen molar-refractivity contribution in [3.05, 3.63) is 59.1 Å². The maximum atomic E-state index is 12.6. The molecule has 136 valence electrons. The van der Waals surface area contributed by atoms with E-state index in [-0.39, 0.29) is 11.8 Å². The Labute approximate surface area is 157 Å². The number of methoxy groups -OCH3 is 1. The number of rotatable bonds is 7. The first kappa shape index (κ1) is 18.3. The normalized spacial score (nSPS) is 14.4. The Morgan fingerprint density at radius 3 is 2.50 bits per heavy atom. The molecular weight excluding hydrogens is 352 g/mol. The highest BCUT2D eigenvalue weighted by molar-refractivity contribution is 6.30. The molecule has 6 heteroatoms. The van der Waals surface area contributed by atoms with Crippen LogP contribution < -0.4 is 15.4 Å². The number of hydrogen-bond acceptors (Lipinski definition) is 3. The van der Waals surface area contributed by atoms with Crippen LogP contribution in [0.1, 0.15) is 18.4 Å². The van der Waals surface area contributed by atoms with Crippen LogP contribution >= 0.6 is 11.6 Å². The van der Waals surface area contributed by atoms with Gasteiger partial charge in [-0.2, -0.15) is 0 Å². The molecule has 2 amide bonds. The molecule has 0 radical (unpaired) electrons. The molecule has 0 aromatic heterocycles. The molecule has 1 aliphatic rings. The molecule has 0 unspecified atom stereocenters.